The van der Waals surface area contributed by atoms with E-state index in [1.165, 1.54) is 0 Å². The van der Waals surface area contributed by atoms with Crippen molar-refractivity contribution in [3.8, 4) is 11.8 Å². The summed E-state index contributed by atoms with van der Waals surface area (Å²) < 4.78 is 0. The predicted molar refractivity (Wildman–Crippen MR) is 51.2 cm³/mol. The average molecular weight is 192 g/mol. The fourth-order valence-corrected chi connectivity index (χ4v) is 1.25. The molecule has 1 atom stereocenters. The molecule has 0 saturated heterocycles. The Morgan fingerprint density at radius 2 is 2.21 bits per heavy atom. The first-order valence-electron chi connectivity index (χ1n) is 4.24. The summed E-state index contributed by atoms with van der Waals surface area (Å²) in [5.74, 6) is -0.0160. The van der Waals surface area contributed by atoms with Crippen molar-refractivity contribution in [3.63, 3.8) is 0 Å². The number of aliphatic hydroxyl groups is 1. The molecule has 1 rings (SSSR count). The van der Waals surface area contributed by atoms with Gasteiger partial charge in [0, 0.05) is 17.2 Å². The molecule has 0 saturated carbocycles. The molecule has 0 aliphatic rings. The number of hydrogen-bond donors (Lipinski definition) is 3. The fraction of sp³-hybridized carbons (Fsp3) is 0.300. The lowest BCUT2D eigenvalue weighted by Crippen LogP contribution is -2.10. The van der Waals surface area contributed by atoms with Gasteiger partial charge in [0.15, 0.2) is 0 Å². The van der Waals surface area contributed by atoms with Gasteiger partial charge in [-0.25, -0.2) is 0 Å². The van der Waals surface area contributed by atoms with Crippen LogP contribution >= 0.6 is 0 Å². The van der Waals surface area contributed by atoms with Crippen LogP contribution in [0.3, 0.4) is 0 Å². The van der Waals surface area contributed by atoms with Gasteiger partial charge < -0.3 is 15.9 Å². The van der Waals surface area contributed by atoms with Crippen LogP contribution in [0.4, 0.5) is 0 Å². The van der Waals surface area contributed by atoms with Crippen LogP contribution in [0.25, 0.3) is 0 Å². The first-order chi connectivity index (χ1) is 6.70. The summed E-state index contributed by atoms with van der Waals surface area (Å²) in [4.78, 5) is 0. The highest BCUT2D eigenvalue weighted by Crippen LogP contribution is 2.28. The number of hydrogen-bond acceptors (Lipinski definition) is 4. The van der Waals surface area contributed by atoms with Crippen LogP contribution in [0.2, 0.25) is 0 Å². The third-order valence-electron chi connectivity index (χ3n) is 2.03. The molecule has 4 N–H and O–H groups in total. The molecule has 1 aromatic rings. The molecular formula is C10H12N2O2. The van der Waals surface area contributed by atoms with E-state index in [0.717, 1.165) is 0 Å². The van der Waals surface area contributed by atoms with Crippen molar-refractivity contribution >= 4 is 0 Å². The molecule has 0 amide bonds. The lowest BCUT2D eigenvalue weighted by molar-refractivity contribution is 0.275. The lowest BCUT2D eigenvalue weighted by atomic mass is 10.0. The standard InChI is InChI=1S/C10H12N2O2/c11-5-4-9(12)8-3-1-2-7(6-13)10(8)14/h1-3,9,13-14H,4,6,12H2. The maximum absolute atomic E-state index is 9.64. The van der Waals surface area contributed by atoms with E-state index in [9.17, 15) is 5.11 Å². The molecule has 0 radical (unpaired) electrons. The molecular weight excluding hydrogens is 180 g/mol. The normalized spacial score (nSPS) is 12.1. The van der Waals surface area contributed by atoms with E-state index >= 15 is 0 Å². The van der Waals surface area contributed by atoms with Gasteiger partial charge in [-0.15, -0.1) is 0 Å². The molecule has 1 aromatic carbocycles. The minimum Gasteiger partial charge on any atom is -0.507 e. The van der Waals surface area contributed by atoms with Crippen molar-refractivity contribution < 1.29 is 10.2 Å². The molecule has 0 fully saturated rings. The summed E-state index contributed by atoms with van der Waals surface area (Å²) >= 11 is 0. The summed E-state index contributed by atoms with van der Waals surface area (Å²) in [5.41, 5.74) is 6.59. The minimum absolute atomic E-state index is 0.0160. The minimum atomic E-state index is -0.508. The van der Waals surface area contributed by atoms with Crippen LogP contribution in [0, 0.1) is 11.3 Å². The van der Waals surface area contributed by atoms with Gasteiger partial charge in [0.25, 0.3) is 0 Å². The zero-order chi connectivity index (χ0) is 10.6. The Bertz CT molecular complexity index is 358. The molecule has 1 unspecified atom stereocenters. The van der Waals surface area contributed by atoms with Crippen molar-refractivity contribution in [3.05, 3.63) is 29.3 Å². The number of nitrogens with zero attached hydrogens (tertiary/aromatic N) is 1. The van der Waals surface area contributed by atoms with E-state index in [4.69, 9.17) is 16.1 Å². The Balaban J connectivity index is 3.04. The van der Waals surface area contributed by atoms with Crippen LogP contribution in [-0.4, -0.2) is 10.2 Å². The summed E-state index contributed by atoms with van der Waals surface area (Å²) in [6.07, 6.45) is 0.141. The number of phenols is 1. The number of benzene rings is 1. The molecule has 0 heterocycles. The van der Waals surface area contributed by atoms with E-state index < -0.39 is 6.04 Å². The predicted octanol–water partition coefficient (Wildman–Crippen LogP) is 0.798. The zero-order valence-electron chi connectivity index (χ0n) is 7.64. The second-order valence-electron chi connectivity index (χ2n) is 2.98. The van der Waals surface area contributed by atoms with Gasteiger partial charge in [0.05, 0.1) is 19.1 Å². The number of nitriles is 1. The lowest BCUT2D eigenvalue weighted by Gasteiger charge is -2.12. The van der Waals surface area contributed by atoms with Crippen molar-refractivity contribution in [2.75, 3.05) is 0 Å². The van der Waals surface area contributed by atoms with Gasteiger partial charge in [0.1, 0.15) is 5.75 Å². The Morgan fingerprint density at radius 1 is 1.50 bits per heavy atom. The van der Waals surface area contributed by atoms with Crippen LogP contribution < -0.4 is 5.73 Å². The highest BCUT2D eigenvalue weighted by molar-refractivity contribution is 5.41. The molecule has 0 aliphatic carbocycles. The molecule has 0 bridgehead atoms. The highest BCUT2D eigenvalue weighted by Gasteiger charge is 2.12. The van der Waals surface area contributed by atoms with Gasteiger partial charge in [-0.05, 0) is 0 Å². The van der Waals surface area contributed by atoms with E-state index in [2.05, 4.69) is 0 Å². The van der Waals surface area contributed by atoms with Crippen LogP contribution in [0.1, 0.15) is 23.6 Å². The van der Waals surface area contributed by atoms with E-state index in [1.807, 2.05) is 6.07 Å². The Morgan fingerprint density at radius 3 is 2.79 bits per heavy atom. The summed E-state index contributed by atoms with van der Waals surface area (Å²) in [6.45, 7) is -0.237. The van der Waals surface area contributed by atoms with Crippen LogP contribution in [0.15, 0.2) is 18.2 Å². The topological polar surface area (TPSA) is 90.3 Å². The maximum atomic E-state index is 9.64. The van der Waals surface area contributed by atoms with Gasteiger partial charge in [0.2, 0.25) is 0 Å². The number of aliphatic hydroxyl groups excluding tert-OH is 1. The first kappa shape index (κ1) is 10.5. The Labute approximate surface area is 82.2 Å². The summed E-state index contributed by atoms with van der Waals surface area (Å²) in [6, 6.07) is 6.37. The maximum Gasteiger partial charge on any atom is 0.125 e. The van der Waals surface area contributed by atoms with Crippen molar-refractivity contribution in [1.29, 1.82) is 5.26 Å². The molecule has 4 nitrogen and oxygen atoms in total. The number of aromatic hydroxyl groups is 1. The van der Waals surface area contributed by atoms with Gasteiger partial charge in [-0.3, -0.25) is 0 Å². The van der Waals surface area contributed by atoms with Gasteiger partial charge in [-0.1, -0.05) is 18.2 Å². The SMILES string of the molecule is N#CCC(N)c1cccc(CO)c1O. The third-order valence-corrected chi connectivity index (χ3v) is 2.03. The van der Waals surface area contributed by atoms with Gasteiger partial charge in [-0.2, -0.15) is 5.26 Å². The smallest absolute Gasteiger partial charge is 0.125 e. The van der Waals surface area contributed by atoms with Crippen LogP contribution in [0.5, 0.6) is 5.75 Å². The largest absolute Gasteiger partial charge is 0.507 e. The average Bonchev–Trinajstić information content (AvgIpc) is 2.18. The quantitative estimate of drug-likeness (QED) is 0.660. The first-order valence-corrected chi connectivity index (χ1v) is 4.24. The monoisotopic (exact) mass is 192 g/mol. The molecule has 74 valence electrons. The van der Waals surface area contributed by atoms with Gasteiger partial charge >= 0.3 is 0 Å². The molecule has 14 heavy (non-hydrogen) atoms. The van der Waals surface area contributed by atoms with Crippen molar-refractivity contribution in [1.82, 2.24) is 0 Å². The number of rotatable bonds is 3. The van der Waals surface area contributed by atoms with E-state index in [0.29, 0.717) is 11.1 Å². The summed E-state index contributed by atoms with van der Waals surface area (Å²) in [5, 5.41) is 27.0. The van der Waals surface area contributed by atoms with Crippen molar-refractivity contribution in [2.45, 2.75) is 19.1 Å². The van der Waals surface area contributed by atoms with E-state index in [1.54, 1.807) is 18.2 Å². The fourth-order valence-electron chi connectivity index (χ4n) is 1.25. The third kappa shape index (κ3) is 2.02. The molecule has 0 aliphatic heterocycles. The van der Waals surface area contributed by atoms with Crippen molar-refractivity contribution in [2.24, 2.45) is 5.73 Å². The van der Waals surface area contributed by atoms with Crippen LogP contribution in [-0.2, 0) is 6.61 Å². The molecule has 4 heteroatoms. The highest BCUT2D eigenvalue weighted by atomic mass is 16.3. The number of nitrogens with two attached hydrogens (primary N) is 1. The molecule has 0 aromatic heterocycles. The molecule has 0 spiro atoms. The second kappa shape index (κ2) is 4.61. The second-order valence-corrected chi connectivity index (χ2v) is 2.98. The zero-order valence-corrected chi connectivity index (χ0v) is 7.64. The van der Waals surface area contributed by atoms with E-state index in [-0.39, 0.29) is 18.8 Å². The summed E-state index contributed by atoms with van der Waals surface area (Å²) in [7, 11) is 0. The Hall–Kier alpha value is -1.57. The Kier molecular flexibility index (Phi) is 3.46. The number of para-hydroxylation sites is 1.